The molecule has 0 aliphatic rings. The lowest BCUT2D eigenvalue weighted by molar-refractivity contribution is 0.0640. The van der Waals surface area contributed by atoms with E-state index in [1.54, 1.807) is 0 Å². The molecule has 1 aromatic heterocycles. The Hall–Kier alpha value is -1.51. The Morgan fingerprint density at radius 2 is 2.04 bits per heavy atom. The van der Waals surface area contributed by atoms with E-state index in [-0.39, 0.29) is 39.7 Å². The molecule has 126 valence electrons. The first-order valence-corrected chi connectivity index (χ1v) is 7.27. The molecule has 0 aliphatic heterocycles. The molecule has 1 atom stereocenters. The number of aliphatic hydroxyl groups is 1. The predicted octanol–water partition coefficient (Wildman–Crippen LogP) is 2.67. The van der Waals surface area contributed by atoms with Gasteiger partial charge in [0.05, 0.1) is 22.7 Å². The summed E-state index contributed by atoms with van der Waals surface area (Å²) >= 11 is 11.6. The first-order chi connectivity index (χ1) is 10.8. The number of nitrogens with zero attached hydrogens (tertiary/aromatic N) is 3. The van der Waals surface area contributed by atoms with Crippen LogP contribution in [-0.4, -0.2) is 31.4 Å². The molecule has 1 aromatic carbocycles. The maximum Gasteiger partial charge on any atom is 0.355 e. The van der Waals surface area contributed by atoms with Gasteiger partial charge < -0.3 is 5.11 Å². The molecule has 0 fully saturated rings. The molecular formula is C13H12Cl2F3N3O2. The van der Waals surface area contributed by atoms with E-state index in [2.05, 4.69) is 5.10 Å². The highest BCUT2D eigenvalue weighted by Crippen LogP contribution is 2.25. The number of aromatic nitrogens is 3. The lowest BCUT2D eigenvalue weighted by Gasteiger charge is -2.11. The topological polar surface area (TPSA) is 60.0 Å². The number of alkyl halides is 3. The van der Waals surface area contributed by atoms with Crippen molar-refractivity contribution < 1.29 is 18.3 Å². The van der Waals surface area contributed by atoms with Crippen LogP contribution in [0.15, 0.2) is 16.9 Å². The van der Waals surface area contributed by atoms with Crippen molar-refractivity contribution >= 4 is 23.2 Å². The number of hydrogen-bond donors (Lipinski definition) is 1. The summed E-state index contributed by atoms with van der Waals surface area (Å²) in [6, 6.07) is 2.23. The van der Waals surface area contributed by atoms with Crippen LogP contribution in [0.25, 0.3) is 5.69 Å². The maximum absolute atomic E-state index is 13.9. The number of aryl methyl sites for hydroxylation is 1. The van der Waals surface area contributed by atoms with Crippen molar-refractivity contribution in [1.82, 2.24) is 14.3 Å². The summed E-state index contributed by atoms with van der Waals surface area (Å²) in [5.74, 6) is -1.07. The molecule has 0 aliphatic carbocycles. The predicted molar refractivity (Wildman–Crippen MR) is 79.2 cm³/mol. The summed E-state index contributed by atoms with van der Waals surface area (Å²) in [6.07, 6.45) is 0.0327. The SMILES string of the molecule is Cc1nn(-c2cc(F)c(Cl)c(CC(Cl)CO)c2)c(=O)n1C(F)F. The summed E-state index contributed by atoms with van der Waals surface area (Å²) in [5.41, 5.74) is -0.933. The number of benzene rings is 1. The Bertz CT molecular complexity index is 777. The van der Waals surface area contributed by atoms with Crippen molar-refractivity contribution in [2.24, 2.45) is 0 Å². The average molecular weight is 370 g/mol. The highest BCUT2D eigenvalue weighted by atomic mass is 35.5. The van der Waals surface area contributed by atoms with Gasteiger partial charge in [0.15, 0.2) is 0 Å². The lowest BCUT2D eigenvalue weighted by Crippen LogP contribution is -2.25. The second-order valence-corrected chi connectivity index (χ2v) is 5.77. The molecule has 1 unspecified atom stereocenters. The highest BCUT2D eigenvalue weighted by Gasteiger charge is 2.20. The average Bonchev–Trinajstić information content (AvgIpc) is 2.78. The van der Waals surface area contributed by atoms with Crippen molar-refractivity contribution in [3.8, 4) is 5.69 Å². The summed E-state index contributed by atoms with van der Waals surface area (Å²) in [4.78, 5) is 12.0. The van der Waals surface area contributed by atoms with Crippen LogP contribution < -0.4 is 5.69 Å². The molecule has 0 spiro atoms. The van der Waals surface area contributed by atoms with E-state index in [1.165, 1.54) is 13.0 Å². The van der Waals surface area contributed by atoms with Gasteiger partial charge in [0, 0.05) is 6.07 Å². The molecule has 0 radical (unpaired) electrons. The number of rotatable bonds is 5. The van der Waals surface area contributed by atoms with E-state index in [1.807, 2.05) is 0 Å². The zero-order chi connectivity index (χ0) is 17.3. The van der Waals surface area contributed by atoms with Gasteiger partial charge in [-0.05, 0) is 25.0 Å². The zero-order valence-electron chi connectivity index (χ0n) is 11.8. The van der Waals surface area contributed by atoms with Crippen LogP contribution >= 0.6 is 23.2 Å². The smallest absolute Gasteiger partial charge is 0.355 e. The van der Waals surface area contributed by atoms with Crippen LogP contribution in [0, 0.1) is 12.7 Å². The maximum atomic E-state index is 13.9. The largest absolute Gasteiger partial charge is 0.395 e. The van der Waals surface area contributed by atoms with Crippen LogP contribution in [0.4, 0.5) is 13.2 Å². The Kier molecular flexibility index (Phi) is 5.38. The molecule has 0 saturated heterocycles. The number of hydrogen-bond acceptors (Lipinski definition) is 3. The minimum absolute atomic E-state index is 0.0327. The monoisotopic (exact) mass is 369 g/mol. The molecule has 23 heavy (non-hydrogen) atoms. The molecular weight excluding hydrogens is 358 g/mol. The van der Waals surface area contributed by atoms with E-state index in [4.69, 9.17) is 28.3 Å². The molecule has 0 saturated carbocycles. The Morgan fingerprint density at radius 3 is 2.57 bits per heavy atom. The van der Waals surface area contributed by atoms with Crippen molar-refractivity contribution in [3.05, 3.63) is 44.8 Å². The lowest BCUT2D eigenvalue weighted by atomic mass is 10.1. The molecule has 5 nitrogen and oxygen atoms in total. The minimum Gasteiger partial charge on any atom is -0.395 e. The van der Waals surface area contributed by atoms with Gasteiger partial charge >= 0.3 is 12.2 Å². The molecule has 1 heterocycles. The third-order valence-electron chi connectivity index (χ3n) is 3.15. The van der Waals surface area contributed by atoms with E-state index >= 15 is 0 Å². The van der Waals surface area contributed by atoms with Gasteiger partial charge in [-0.2, -0.15) is 18.6 Å². The first kappa shape index (κ1) is 17.8. The quantitative estimate of drug-likeness (QED) is 0.824. The van der Waals surface area contributed by atoms with Crippen LogP contribution in [0.1, 0.15) is 17.9 Å². The van der Waals surface area contributed by atoms with Crippen LogP contribution in [0.3, 0.4) is 0 Å². The zero-order valence-corrected chi connectivity index (χ0v) is 13.3. The second kappa shape index (κ2) is 6.94. The Labute approximate surface area is 138 Å². The van der Waals surface area contributed by atoms with E-state index < -0.39 is 23.4 Å². The third kappa shape index (κ3) is 3.54. The molecule has 0 bridgehead atoms. The van der Waals surface area contributed by atoms with Gasteiger partial charge in [0.2, 0.25) is 0 Å². The highest BCUT2D eigenvalue weighted by molar-refractivity contribution is 6.31. The number of halogens is 5. The first-order valence-electron chi connectivity index (χ1n) is 6.45. The normalized spacial score (nSPS) is 12.9. The van der Waals surface area contributed by atoms with Crippen LogP contribution in [0.5, 0.6) is 0 Å². The van der Waals surface area contributed by atoms with Crippen LogP contribution in [0.2, 0.25) is 5.02 Å². The van der Waals surface area contributed by atoms with Crippen LogP contribution in [-0.2, 0) is 6.42 Å². The second-order valence-electron chi connectivity index (χ2n) is 4.77. The Balaban J connectivity index is 2.57. The van der Waals surface area contributed by atoms with Gasteiger partial charge in [-0.25, -0.2) is 13.8 Å². The van der Waals surface area contributed by atoms with Crippen molar-refractivity contribution in [2.45, 2.75) is 25.3 Å². The fraction of sp³-hybridized carbons (Fsp3) is 0.385. The fourth-order valence-corrected chi connectivity index (χ4v) is 2.43. The summed E-state index contributed by atoms with van der Waals surface area (Å²) in [7, 11) is 0. The molecule has 2 aromatic rings. The van der Waals surface area contributed by atoms with Gasteiger partial charge in [-0.1, -0.05) is 11.6 Å². The van der Waals surface area contributed by atoms with Gasteiger partial charge in [-0.15, -0.1) is 11.6 Å². The standard InChI is InChI=1S/C13H12Cl2F3N3O2/c1-6-19-21(13(23)20(6)12(17)18)9-3-7(2-8(14)5-22)11(15)10(16)4-9/h3-4,8,12,22H,2,5H2,1H3. The summed E-state index contributed by atoms with van der Waals surface area (Å²) < 4.78 is 40.4. The molecule has 0 amide bonds. The van der Waals surface area contributed by atoms with E-state index in [9.17, 15) is 18.0 Å². The summed E-state index contributed by atoms with van der Waals surface area (Å²) in [6.45, 7) is -2.19. The van der Waals surface area contributed by atoms with Crippen molar-refractivity contribution in [2.75, 3.05) is 6.61 Å². The Morgan fingerprint density at radius 1 is 1.39 bits per heavy atom. The molecule has 2 rings (SSSR count). The molecule has 10 heteroatoms. The number of aliphatic hydroxyl groups excluding tert-OH is 1. The fourth-order valence-electron chi connectivity index (χ4n) is 2.07. The minimum atomic E-state index is -3.06. The van der Waals surface area contributed by atoms with E-state index in [0.717, 1.165) is 6.07 Å². The van der Waals surface area contributed by atoms with Gasteiger partial charge in [0.1, 0.15) is 11.6 Å². The van der Waals surface area contributed by atoms with Gasteiger partial charge in [-0.3, -0.25) is 0 Å². The van der Waals surface area contributed by atoms with Crippen molar-refractivity contribution in [1.29, 1.82) is 0 Å². The third-order valence-corrected chi connectivity index (χ3v) is 3.86. The summed E-state index contributed by atoms with van der Waals surface area (Å²) in [5, 5.41) is 11.7. The van der Waals surface area contributed by atoms with Crippen molar-refractivity contribution in [3.63, 3.8) is 0 Å². The molecule has 1 N–H and O–H groups in total. The van der Waals surface area contributed by atoms with E-state index in [0.29, 0.717) is 4.68 Å². The van der Waals surface area contributed by atoms with Gasteiger partial charge in [0.25, 0.3) is 0 Å².